The van der Waals surface area contributed by atoms with Crippen molar-refractivity contribution < 1.29 is 13.6 Å². The standard InChI is InChI=1S/C24H24F2N6O.C5H8.C2H5N/c25-16-9-10-19(26)18(11-16)24(33)29-12-14-5-7-15(8-6-14)21(27)20-22(28)30-13-31-23(20)32-17-3-1-2-4-17;1-3-5-4-2;1-2-3/h5-11,13,17,27H,1-4,12H2,(H,29,33)(H3,28,30,31,32);3-5H,1H2,2H3;2-3H,1H3/b;5-4-;. The molecule has 0 bridgehead atoms. The van der Waals surface area contributed by atoms with Crippen LogP contribution in [0.15, 0.2) is 73.6 Å². The molecule has 0 unspecified atom stereocenters. The summed E-state index contributed by atoms with van der Waals surface area (Å²) in [6, 6.07) is 10.00. The van der Waals surface area contributed by atoms with Crippen LogP contribution in [0.2, 0.25) is 0 Å². The molecule has 1 fully saturated rings. The number of carbonyl (C=O) groups is 1. The average Bonchev–Trinajstić information content (AvgIpc) is 3.47. The van der Waals surface area contributed by atoms with Gasteiger partial charge in [-0.25, -0.2) is 18.7 Å². The normalized spacial score (nSPS) is 12.4. The van der Waals surface area contributed by atoms with Crippen LogP contribution < -0.4 is 16.4 Å². The summed E-state index contributed by atoms with van der Waals surface area (Å²) in [6.45, 7) is 7.21. The summed E-state index contributed by atoms with van der Waals surface area (Å²) >= 11 is 0. The lowest BCUT2D eigenvalue weighted by Crippen LogP contribution is -2.24. The molecule has 2 aromatic carbocycles. The zero-order valence-electron chi connectivity index (χ0n) is 23.4. The highest BCUT2D eigenvalue weighted by atomic mass is 19.1. The van der Waals surface area contributed by atoms with Gasteiger partial charge in [0.15, 0.2) is 0 Å². The van der Waals surface area contributed by atoms with Gasteiger partial charge < -0.3 is 21.8 Å². The Balaban J connectivity index is 0.000000653. The van der Waals surface area contributed by atoms with Crippen molar-refractivity contribution in [2.24, 2.45) is 0 Å². The average molecular weight is 562 g/mol. The number of rotatable bonds is 8. The van der Waals surface area contributed by atoms with Gasteiger partial charge in [-0.05, 0) is 56.7 Å². The molecule has 1 heterocycles. The van der Waals surface area contributed by atoms with Gasteiger partial charge in [0, 0.05) is 18.2 Å². The molecular weight excluding hydrogens is 524 g/mol. The molecule has 0 spiro atoms. The zero-order valence-corrected chi connectivity index (χ0v) is 23.4. The summed E-state index contributed by atoms with van der Waals surface area (Å²) in [5.41, 5.74) is 7.71. The summed E-state index contributed by atoms with van der Waals surface area (Å²) in [5.74, 6) is -1.41. The Morgan fingerprint density at radius 1 is 1.12 bits per heavy atom. The van der Waals surface area contributed by atoms with E-state index < -0.39 is 17.5 Å². The summed E-state index contributed by atoms with van der Waals surface area (Å²) in [6.07, 6.45) is 12.6. The van der Waals surface area contributed by atoms with E-state index in [-0.39, 0.29) is 23.6 Å². The number of aromatic nitrogens is 2. The van der Waals surface area contributed by atoms with E-state index in [0.717, 1.165) is 49.4 Å². The van der Waals surface area contributed by atoms with Gasteiger partial charge in [-0.2, -0.15) is 0 Å². The predicted molar refractivity (Wildman–Crippen MR) is 162 cm³/mol. The minimum absolute atomic E-state index is 0.119. The van der Waals surface area contributed by atoms with Gasteiger partial charge in [-0.1, -0.05) is 61.9 Å². The van der Waals surface area contributed by atoms with Crippen LogP contribution in [0.5, 0.6) is 0 Å². The molecule has 1 aromatic heterocycles. The monoisotopic (exact) mass is 561 g/mol. The molecule has 0 saturated heterocycles. The van der Waals surface area contributed by atoms with Crippen molar-refractivity contribution in [3.8, 4) is 0 Å². The SMILES string of the molecule is C=C/C=C\C.CC=N.N=C(c1ccc(CNC(=O)c2cc(F)ccc2F)cc1)c1c(N)ncnc1NC1CCCC1. The third kappa shape index (κ3) is 10.1. The number of nitrogens with one attached hydrogen (secondary N) is 4. The fraction of sp³-hybridized carbons (Fsp3) is 0.258. The third-order valence-corrected chi connectivity index (χ3v) is 6.02. The van der Waals surface area contributed by atoms with E-state index in [1.165, 1.54) is 12.5 Å². The first-order valence-electron chi connectivity index (χ1n) is 13.2. The Hall–Kier alpha value is -4.73. The third-order valence-electron chi connectivity index (χ3n) is 6.02. The number of nitrogen functional groups attached to an aromatic ring is 1. The lowest BCUT2D eigenvalue weighted by molar-refractivity contribution is 0.0946. The second kappa shape index (κ2) is 17.1. The Morgan fingerprint density at radius 2 is 1.78 bits per heavy atom. The topological polar surface area (TPSA) is 141 Å². The molecule has 0 aliphatic heterocycles. The summed E-state index contributed by atoms with van der Waals surface area (Å²) in [7, 11) is 0. The molecule has 1 aliphatic rings. The van der Waals surface area contributed by atoms with Crippen LogP contribution in [0.25, 0.3) is 0 Å². The summed E-state index contributed by atoms with van der Waals surface area (Å²) in [5, 5.41) is 20.7. The number of hydrogen-bond donors (Lipinski definition) is 5. The van der Waals surface area contributed by atoms with Gasteiger partial charge in [0.05, 0.1) is 16.8 Å². The number of benzene rings is 2. The van der Waals surface area contributed by atoms with Gasteiger partial charge in [0.25, 0.3) is 5.91 Å². The van der Waals surface area contributed by atoms with Crippen LogP contribution in [-0.2, 0) is 6.54 Å². The Bertz CT molecular complexity index is 1350. The minimum atomic E-state index is -0.789. The van der Waals surface area contributed by atoms with Gasteiger partial charge in [0.1, 0.15) is 29.6 Å². The van der Waals surface area contributed by atoms with E-state index in [0.29, 0.717) is 23.0 Å². The number of halogens is 2. The van der Waals surface area contributed by atoms with Crippen molar-refractivity contribution in [1.29, 1.82) is 10.8 Å². The van der Waals surface area contributed by atoms with Crippen molar-refractivity contribution >= 4 is 29.5 Å². The molecule has 0 atom stereocenters. The zero-order chi connectivity index (χ0) is 30.2. The van der Waals surface area contributed by atoms with Crippen LogP contribution >= 0.6 is 0 Å². The first kappa shape index (κ1) is 32.5. The highest BCUT2D eigenvalue weighted by molar-refractivity contribution is 6.16. The molecule has 8 nitrogen and oxygen atoms in total. The van der Waals surface area contributed by atoms with Crippen molar-refractivity contribution in [2.75, 3.05) is 11.1 Å². The Kier molecular flexibility index (Phi) is 13.5. The van der Waals surface area contributed by atoms with Gasteiger partial charge >= 0.3 is 0 Å². The number of carbonyl (C=O) groups excluding carboxylic acids is 1. The van der Waals surface area contributed by atoms with Crippen LogP contribution in [0.3, 0.4) is 0 Å². The Morgan fingerprint density at radius 3 is 2.37 bits per heavy atom. The molecule has 1 amide bonds. The van der Waals surface area contributed by atoms with Crippen LogP contribution in [0.1, 0.15) is 66.6 Å². The number of hydrogen-bond acceptors (Lipinski definition) is 7. The quantitative estimate of drug-likeness (QED) is 0.159. The lowest BCUT2D eigenvalue weighted by Gasteiger charge is -2.17. The van der Waals surface area contributed by atoms with E-state index in [2.05, 4.69) is 27.2 Å². The second-order valence-electron chi connectivity index (χ2n) is 9.04. The molecule has 6 N–H and O–H groups in total. The maximum absolute atomic E-state index is 13.8. The summed E-state index contributed by atoms with van der Waals surface area (Å²) < 4.78 is 27.1. The van der Waals surface area contributed by atoms with E-state index in [1.807, 2.05) is 19.1 Å². The van der Waals surface area contributed by atoms with Crippen molar-refractivity contribution in [1.82, 2.24) is 15.3 Å². The number of anilines is 2. The van der Waals surface area contributed by atoms with E-state index in [4.69, 9.17) is 16.6 Å². The van der Waals surface area contributed by atoms with Gasteiger partial charge in [-0.3, -0.25) is 10.2 Å². The number of nitrogens with two attached hydrogens (primary N) is 1. The van der Waals surface area contributed by atoms with Crippen LogP contribution in [0.4, 0.5) is 20.4 Å². The van der Waals surface area contributed by atoms with Gasteiger partial charge in [-0.15, -0.1) is 0 Å². The Labute approximate surface area is 239 Å². The first-order valence-corrected chi connectivity index (χ1v) is 13.2. The second-order valence-corrected chi connectivity index (χ2v) is 9.04. The molecule has 1 saturated carbocycles. The summed E-state index contributed by atoms with van der Waals surface area (Å²) in [4.78, 5) is 20.5. The molecule has 41 heavy (non-hydrogen) atoms. The van der Waals surface area contributed by atoms with E-state index in [1.54, 1.807) is 37.3 Å². The molecule has 10 heteroatoms. The highest BCUT2D eigenvalue weighted by Gasteiger charge is 2.21. The molecule has 4 rings (SSSR count). The van der Waals surface area contributed by atoms with Crippen molar-refractivity contribution in [3.63, 3.8) is 0 Å². The molecular formula is C31H37F2N7O. The molecule has 3 aromatic rings. The minimum Gasteiger partial charge on any atom is -0.383 e. The lowest BCUT2D eigenvalue weighted by atomic mass is 10.0. The van der Waals surface area contributed by atoms with E-state index in [9.17, 15) is 13.6 Å². The highest BCUT2D eigenvalue weighted by Crippen LogP contribution is 2.26. The fourth-order valence-electron chi connectivity index (χ4n) is 4.04. The molecule has 1 aliphatic carbocycles. The largest absolute Gasteiger partial charge is 0.383 e. The smallest absolute Gasteiger partial charge is 0.254 e. The molecule has 216 valence electrons. The maximum Gasteiger partial charge on any atom is 0.254 e. The fourth-order valence-corrected chi connectivity index (χ4v) is 4.04. The predicted octanol–water partition coefficient (Wildman–Crippen LogP) is 6.44. The van der Waals surface area contributed by atoms with Crippen LogP contribution in [0, 0.1) is 22.5 Å². The molecule has 0 radical (unpaired) electrons. The van der Waals surface area contributed by atoms with Crippen LogP contribution in [-0.4, -0.2) is 33.8 Å². The number of allylic oxidation sites excluding steroid dienone is 3. The number of amides is 1. The maximum atomic E-state index is 13.8. The number of nitrogens with zero attached hydrogens (tertiary/aromatic N) is 2. The van der Waals surface area contributed by atoms with Crippen molar-refractivity contribution in [2.45, 2.75) is 52.1 Å². The van der Waals surface area contributed by atoms with E-state index >= 15 is 0 Å². The first-order chi connectivity index (χ1) is 19.7. The van der Waals surface area contributed by atoms with Crippen molar-refractivity contribution in [3.05, 3.63) is 107 Å². The van der Waals surface area contributed by atoms with Gasteiger partial charge in [0.2, 0.25) is 0 Å².